The lowest BCUT2D eigenvalue weighted by atomic mass is 10.0. The molecule has 0 aliphatic carbocycles. The zero-order valence-corrected chi connectivity index (χ0v) is 21.6. The molecule has 5 heterocycles. The first-order valence-corrected chi connectivity index (χ1v) is 12.4. The highest BCUT2D eigenvalue weighted by molar-refractivity contribution is 6.31. The summed E-state index contributed by atoms with van der Waals surface area (Å²) in [5.41, 5.74) is 2.01. The second kappa shape index (κ2) is 10.5. The van der Waals surface area contributed by atoms with E-state index in [1.54, 1.807) is 52.2 Å². The molecule has 0 N–H and O–H groups in total. The van der Waals surface area contributed by atoms with Gasteiger partial charge in [-0.25, -0.2) is 9.07 Å². The summed E-state index contributed by atoms with van der Waals surface area (Å²) in [6, 6.07) is 7.69. The highest BCUT2D eigenvalue weighted by atomic mass is 35.5. The van der Waals surface area contributed by atoms with Crippen LogP contribution in [0.4, 0.5) is 13.2 Å². The highest BCUT2D eigenvalue weighted by Crippen LogP contribution is 2.34. The summed E-state index contributed by atoms with van der Waals surface area (Å²) in [6.07, 6.45) is 10.6. The summed E-state index contributed by atoms with van der Waals surface area (Å²) in [5, 5.41) is 23.5. The van der Waals surface area contributed by atoms with Crippen molar-refractivity contribution in [3.63, 3.8) is 0 Å². The van der Waals surface area contributed by atoms with Gasteiger partial charge in [-0.05, 0) is 24.3 Å². The molecule has 5 aromatic heterocycles. The molecular weight excluding hydrogens is 570 g/mol. The Labute approximate surface area is 233 Å². The zero-order chi connectivity index (χ0) is 27.8. The zero-order valence-electron chi connectivity index (χ0n) is 20.1. The minimum Gasteiger partial charge on any atom is -0.270 e. The Morgan fingerprint density at radius 2 is 1.80 bits per heavy atom. The molecule has 0 bridgehead atoms. The van der Waals surface area contributed by atoms with Gasteiger partial charge in [-0.3, -0.25) is 14.3 Å². The Morgan fingerprint density at radius 1 is 0.925 bits per heavy atom. The molecular formula is C24H16Cl2F3N11. The molecule has 6 aromatic rings. The van der Waals surface area contributed by atoms with Gasteiger partial charge in [0.25, 0.3) is 0 Å². The molecule has 0 radical (unpaired) electrons. The molecule has 0 fully saturated rings. The van der Waals surface area contributed by atoms with E-state index in [0.29, 0.717) is 33.7 Å². The van der Waals surface area contributed by atoms with Crippen LogP contribution in [0.15, 0.2) is 73.7 Å². The number of pyridine rings is 1. The minimum absolute atomic E-state index is 0.0767. The van der Waals surface area contributed by atoms with Crippen LogP contribution >= 0.6 is 23.2 Å². The third kappa shape index (κ3) is 4.82. The van der Waals surface area contributed by atoms with Crippen molar-refractivity contribution in [2.45, 2.75) is 19.1 Å². The SMILES string of the molecule is Fc1c(Cl)ccc(-n2cc(Cl)nn2)c1-c1ccc([C@@H](Cn2cccn2)n2cc(-c3cnnn3C(F)F)cn2)nc1. The van der Waals surface area contributed by atoms with Gasteiger partial charge in [0.15, 0.2) is 11.0 Å². The van der Waals surface area contributed by atoms with Gasteiger partial charge in [0, 0.05) is 41.5 Å². The van der Waals surface area contributed by atoms with Crippen molar-refractivity contribution in [2.24, 2.45) is 0 Å². The summed E-state index contributed by atoms with van der Waals surface area (Å²) in [6.45, 7) is -2.54. The Balaban J connectivity index is 1.39. The maximum atomic E-state index is 15.3. The van der Waals surface area contributed by atoms with Gasteiger partial charge in [-0.15, -0.1) is 10.2 Å². The van der Waals surface area contributed by atoms with Crippen molar-refractivity contribution in [2.75, 3.05) is 0 Å². The van der Waals surface area contributed by atoms with Crippen LogP contribution in [0.3, 0.4) is 0 Å². The van der Waals surface area contributed by atoms with Crippen LogP contribution in [0, 0.1) is 5.82 Å². The van der Waals surface area contributed by atoms with Crippen molar-refractivity contribution in [1.82, 2.24) is 54.5 Å². The monoisotopic (exact) mass is 585 g/mol. The predicted octanol–water partition coefficient (Wildman–Crippen LogP) is 5.11. The highest BCUT2D eigenvalue weighted by Gasteiger charge is 2.23. The van der Waals surface area contributed by atoms with Crippen LogP contribution in [0.5, 0.6) is 0 Å². The van der Waals surface area contributed by atoms with E-state index < -0.39 is 18.4 Å². The van der Waals surface area contributed by atoms with Crippen LogP contribution in [0.25, 0.3) is 28.1 Å². The fraction of sp³-hybridized carbons (Fsp3) is 0.125. The molecule has 1 atom stereocenters. The van der Waals surface area contributed by atoms with Gasteiger partial charge in [0.2, 0.25) is 0 Å². The van der Waals surface area contributed by atoms with Gasteiger partial charge < -0.3 is 0 Å². The van der Waals surface area contributed by atoms with Crippen LogP contribution in [0.2, 0.25) is 10.2 Å². The molecule has 40 heavy (non-hydrogen) atoms. The lowest BCUT2D eigenvalue weighted by Gasteiger charge is -2.18. The van der Waals surface area contributed by atoms with E-state index in [4.69, 9.17) is 23.2 Å². The number of alkyl halides is 2. The van der Waals surface area contributed by atoms with E-state index in [2.05, 4.69) is 35.8 Å². The maximum absolute atomic E-state index is 15.3. The Morgan fingerprint density at radius 3 is 2.50 bits per heavy atom. The number of benzene rings is 1. The molecule has 0 aliphatic rings. The molecule has 0 amide bonds. The van der Waals surface area contributed by atoms with Gasteiger partial charge in [0.05, 0.1) is 47.2 Å². The Kier molecular flexibility index (Phi) is 6.77. The summed E-state index contributed by atoms with van der Waals surface area (Å²) in [4.78, 5) is 4.61. The Hall–Kier alpha value is -4.56. The lowest BCUT2D eigenvalue weighted by Crippen LogP contribution is -2.19. The standard InChI is InChI=1S/C24H16Cl2F3N11/c25-16-3-5-18(39-13-21(26)34-36-39)22(23(16)27)14-2-4-17(30-8-14)20(12-37-7-1-6-32-37)38-11-15(9-33-38)19-10-31-35-40(19)24(28)29/h1-11,13,20,24H,12H2/t20-/m1/s1. The van der Waals surface area contributed by atoms with E-state index >= 15 is 4.39 Å². The third-order valence-electron chi connectivity index (χ3n) is 6.10. The lowest BCUT2D eigenvalue weighted by molar-refractivity contribution is 0.0565. The molecule has 0 unspecified atom stereocenters. The van der Waals surface area contributed by atoms with Gasteiger partial charge >= 0.3 is 6.55 Å². The maximum Gasteiger partial charge on any atom is 0.335 e. The van der Waals surface area contributed by atoms with Gasteiger partial charge in [0.1, 0.15) is 6.04 Å². The first kappa shape index (κ1) is 25.7. The second-order valence-electron chi connectivity index (χ2n) is 8.51. The van der Waals surface area contributed by atoms with Crippen LogP contribution in [-0.4, -0.2) is 54.5 Å². The van der Waals surface area contributed by atoms with Crippen molar-refractivity contribution < 1.29 is 13.2 Å². The fourth-order valence-corrected chi connectivity index (χ4v) is 4.53. The van der Waals surface area contributed by atoms with E-state index in [0.717, 1.165) is 0 Å². The molecule has 0 saturated carbocycles. The third-order valence-corrected chi connectivity index (χ3v) is 6.56. The number of rotatable bonds is 8. The molecule has 0 aliphatic heterocycles. The normalized spacial score (nSPS) is 12.3. The van der Waals surface area contributed by atoms with Crippen molar-refractivity contribution in [1.29, 1.82) is 0 Å². The predicted molar refractivity (Wildman–Crippen MR) is 137 cm³/mol. The van der Waals surface area contributed by atoms with E-state index in [-0.39, 0.29) is 21.4 Å². The number of aromatic nitrogens is 11. The summed E-state index contributed by atoms with van der Waals surface area (Å²) in [5.74, 6) is -0.658. The molecule has 16 heteroatoms. The first-order chi connectivity index (χ1) is 19.4. The van der Waals surface area contributed by atoms with Gasteiger partial charge in [-0.1, -0.05) is 39.7 Å². The molecule has 0 spiro atoms. The topological polar surface area (TPSA) is 110 Å². The van der Waals surface area contributed by atoms with Crippen LogP contribution in [-0.2, 0) is 6.54 Å². The summed E-state index contributed by atoms with van der Waals surface area (Å²) in [7, 11) is 0. The number of hydrogen-bond donors (Lipinski definition) is 0. The van der Waals surface area contributed by atoms with Crippen LogP contribution < -0.4 is 0 Å². The minimum atomic E-state index is -2.86. The first-order valence-electron chi connectivity index (χ1n) is 11.6. The Bertz CT molecular complexity index is 1760. The van der Waals surface area contributed by atoms with Crippen molar-refractivity contribution in [3.8, 4) is 28.1 Å². The van der Waals surface area contributed by atoms with Crippen LogP contribution in [0.1, 0.15) is 18.3 Å². The molecule has 11 nitrogen and oxygen atoms in total. The van der Waals surface area contributed by atoms with Crippen molar-refractivity contribution in [3.05, 3.63) is 95.4 Å². The van der Waals surface area contributed by atoms with Crippen molar-refractivity contribution >= 4 is 23.2 Å². The number of nitrogens with zero attached hydrogens (tertiary/aromatic N) is 11. The van der Waals surface area contributed by atoms with Gasteiger partial charge in [-0.2, -0.15) is 23.7 Å². The molecule has 0 saturated heterocycles. The molecule has 1 aromatic carbocycles. The quantitative estimate of drug-likeness (QED) is 0.244. The van der Waals surface area contributed by atoms with E-state index in [9.17, 15) is 8.78 Å². The summed E-state index contributed by atoms with van der Waals surface area (Å²) < 4.78 is 47.1. The number of halogens is 5. The van der Waals surface area contributed by atoms with E-state index in [1.165, 1.54) is 35.5 Å². The second-order valence-corrected chi connectivity index (χ2v) is 9.30. The average Bonchev–Trinajstić information content (AvgIpc) is 3.76. The molecule has 6 rings (SSSR count). The average molecular weight is 586 g/mol. The smallest absolute Gasteiger partial charge is 0.270 e. The number of hydrogen-bond acceptors (Lipinski definition) is 7. The molecule has 202 valence electrons. The summed E-state index contributed by atoms with van der Waals surface area (Å²) >= 11 is 12.0. The largest absolute Gasteiger partial charge is 0.335 e. The fourth-order valence-electron chi connectivity index (χ4n) is 4.25. The van der Waals surface area contributed by atoms with E-state index in [1.807, 2.05) is 0 Å².